The van der Waals surface area contributed by atoms with Crippen LogP contribution in [-0.4, -0.2) is 20.4 Å². The second kappa shape index (κ2) is 11.9. The number of rotatable bonds is 8. The van der Waals surface area contributed by atoms with E-state index in [4.69, 9.17) is 4.18 Å². The summed E-state index contributed by atoms with van der Waals surface area (Å²) in [6.07, 6.45) is -4.58. The molecule has 0 radical (unpaired) electrons. The Morgan fingerprint density at radius 3 is 2.14 bits per heavy atom. The largest absolute Gasteiger partial charge is 0.416 e. The van der Waals surface area contributed by atoms with E-state index in [-0.39, 0.29) is 16.7 Å². The summed E-state index contributed by atoms with van der Waals surface area (Å²) in [5.41, 5.74) is 4.28. The van der Waals surface area contributed by atoms with Crippen molar-refractivity contribution in [3.63, 3.8) is 0 Å². The van der Waals surface area contributed by atoms with E-state index in [1.807, 2.05) is 69.4 Å². The molecule has 5 rings (SSSR count). The monoisotopic (exact) mass is 603 g/mol. The van der Waals surface area contributed by atoms with Gasteiger partial charge in [-0.15, -0.1) is 0 Å². The van der Waals surface area contributed by atoms with E-state index >= 15 is 0 Å². The first-order valence-electron chi connectivity index (χ1n) is 13.8. The van der Waals surface area contributed by atoms with E-state index in [2.05, 4.69) is 36.1 Å². The van der Waals surface area contributed by atoms with Crippen molar-refractivity contribution in [3.8, 4) is 16.9 Å². The fraction of sp³-hybridized carbons (Fsp3) is 0.200. The fourth-order valence-corrected chi connectivity index (χ4v) is 6.36. The Morgan fingerprint density at radius 1 is 0.814 bits per heavy atom. The van der Waals surface area contributed by atoms with E-state index in [9.17, 15) is 21.6 Å². The molecular formula is C35H32F3NO3S. The molecule has 0 aromatic heterocycles. The Morgan fingerprint density at radius 2 is 1.47 bits per heavy atom. The molecule has 0 bridgehead atoms. The lowest BCUT2D eigenvalue weighted by atomic mass is 9.89. The standard InChI is InChI=1S/C35H32F3NO3S/c1-23-20-24(2)33(32(21-23)42-43(40,41)30-18-16-29(17-19-30)35(36,37)38)34-28(15-14-27-12-8-9-13-31(27)34)22-39(4)25(3)26-10-6-5-7-11-26/h5-21,25H,22H2,1-4H3/t25-/m0/s1. The van der Waals surface area contributed by atoms with Crippen LogP contribution in [0.25, 0.3) is 21.9 Å². The third kappa shape index (κ3) is 6.45. The van der Waals surface area contributed by atoms with Crippen LogP contribution in [0.15, 0.2) is 108 Å². The quantitative estimate of drug-likeness (QED) is 0.166. The van der Waals surface area contributed by atoms with Gasteiger partial charge in [0.15, 0.2) is 5.75 Å². The highest BCUT2D eigenvalue weighted by molar-refractivity contribution is 7.87. The number of halogens is 3. The van der Waals surface area contributed by atoms with Gasteiger partial charge in [-0.2, -0.15) is 21.6 Å². The smallest absolute Gasteiger partial charge is 0.378 e. The average Bonchev–Trinajstić information content (AvgIpc) is 2.97. The van der Waals surface area contributed by atoms with Gasteiger partial charge in [-0.05, 0) is 96.7 Å². The van der Waals surface area contributed by atoms with E-state index in [0.717, 1.165) is 57.3 Å². The van der Waals surface area contributed by atoms with Crippen LogP contribution in [0.3, 0.4) is 0 Å². The lowest BCUT2D eigenvalue weighted by Gasteiger charge is -2.27. The second-order valence-corrected chi connectivity index (χ2v) is 12.4. The summed E-state index contributed by atoms with van der Waals surface area (Å²) in [4.78, 5) is 1.87. The molecule has 0 aliphatic heterocycles. The van der Waals surface area contributed by atoms with Crippen molar-refractivity contribution in [2.24, 2.45) is 0 Å². The van der Waals surface area contributed by atoms with Crippen LogP contribution in [0.1, 0.15) is 40.8 Å². The Balaban J connectivity index is 1.63. The average molecular weight is 604 g/mol. The molecule has 0 heterocycles. The molecule has 0 saturated carbocycles. The van der Waals surface area contributed by atoms with E-state index in [0.29, 0.717) is 12.1 Å². The predicted molar refractivity (Wildman–Crippen MR) is 164 cm³/mol. The molecule has 0 unspecified atom stereocenters. The first-order valence-corrected chi connectivity index (χ1v) is 15.2. The first kappa shape index (κ1) is 30.3. The van der Waals surface area contributed by atoms with Gasteiger partial charge in [-0.25, -0.2) is 0 Å². The molecule has 8 heteroatoms. The highest BCUT2D eigenvalue weighted by Crippen LogP contribution is 2.42. The van der Waals surface area contributed by atoms with Crippen molar-refractivity contribution in [1.82, 2.24) is 4.90 Å². The molecule has 43 heavy (non-hydrogen) atoms. The number of nitrogens with zero attached hydrogens (tertiary/aromatic N) is 1. The summed E-state index contributed by atoms with van der Waals surface area (Å²) in [7, 11) is -2.41. The lowest BCUT2D eigenvalue weighted by Crippen LogP contribution is -2.22. The van der Waals surface area contributed by atoms with E-state index in [1.165, 1.54) is 5.56 Å². The van der Waals surface area contributed by atoms with Gasteiger partial charge in [0, 0.05) is 18.2 Å². The van der Waals surface area contributed by atoms with Crippen molar-refractivity contribution in [1.29, 1.82) is 0 Å². The zero-order valence-electron chi connectivity index (χ0n) is 24.3. The third-order valence-electron chi connectivity index (χ3n) is 7.74. The van der Waals surface area contributed by atoms with Gasteiger partial charge >= 0.3 is 16.3 Å². The molecule has 5 aromatic carbocycles. The van der Waals surface area contributed by atoms with E-state index < -0.39 is 21.9 Å². The van der Waals surface area contributed by atoms with Crippen molar-refractivity contribution in [2.45, 2.75) is 44.4 Å². The lowest BCUT2D eigenvalue weighted by molar-refractivity contribution is -0.137. The number of aryl methyl sites for hydroxylation is 2. The van der Waals surface area contributed by atoms with Gasteiger partial charge < -0.3 is 4.18 Å². The molecule has 0 N–H and O–H groups in total. The van der Waals surface area contributed by atoms with Crippen LogP contribution in [-0.2, 0) is 22.8 Å². The van der Waals surface area contributed by atoms with Gasteiger partial charge in [0.2, 0.25) is 0 Å². The van der Waals surface area contributed by atoms with Crippen molar-refractivity contribution < 1.29 is 25.8 Å². The zero-order chi connectivity index (χ0) is 30.9. The van der Waals surface area contributed by atoms with Crippen LogP contribution in [0.5, 0.6) is 5.75 Å². The molecule has 0 amide bonds. The van der Waals surface area contributed by atoms with E-state index in [1.54, 1.807) is 6.07 Å². The summed E-state index contributed by atoms with van der Waals surface area (Å²) < 4.78 is 72.0. The number of fused-ring (bicyclic) bond motifs is 1. The zero-order valence-corrected chi connectivity index (χ0v) is 25.1. The topological polar surface area (TPSA) is 46.6 Å². The minimum atomic E-state index is -4.58. The van der Waals surface area contributed by atoms with Gasteiger partial charge in [-0.1, -0.05) is 72.8 Å². The van der Waals surface area contributed by atoms with Gasteiger partial charge in [-0.3, -0.25) is 4.90 Å². The number of hydrogen-bond acceptors (Lipinski definition) is 4. The molecule has 222 valence electrons. The fourth-order valence-electron chi connectivity index (χ4n) is 5.43. The second-order valence-electron chi connectivity index (χ2n) is 10.8. The maximum absolute atomic E-state index is 13.4. The maximum Gasteiger partial charge on any atom is 0.416 e. The van der Waals surface area contributed by atoms with Crippen LogP contribution < -0.4 is 4.18 Å². The summed E-state index contributed by atoms with van der Waals surface area (Å²) in [5.74, 6) is 0.119. The highest BCUT2D eigenvalue weighted by atomic mass is 32.2. The van der Waals surface area contributed by atoms with Gasteiger partial charge in [0.25, 0.3) is 0 Å². The summed E-state index contributed by atoms with van der Waals surface area (Å²) in [6.45, 7) is 6.45. The highest BCUT2D eigenvalue weighted by Gasteiger charge is 2.31. The molecule has 4 nitrogen and oxygen atoms in total. The minimum Gasteiger partial charge on any atom is -0.378 e. The number of benzene rings is 5. The van der Waals surface area contributed by atoms with Crippen LogP contribution >= 0.6 is 0 Å². The first-order chi connectivity index (χ1) is 20.3. The Kier molecular flexibility index (Phi) is 8.36. The number of alkyl halides is 3. The SMILES string of the molecule is Cc1cc(C)c(-c2c(CN(C)[C@@H](C)c3ccccc3)ccc3ccccc23)c(OS(=O)(=O)c2ccc(C(F)(F)F)cc2)c1. The van der Waals surface area contributed by atoms with Gasteiger partial charge in [0.1, 0.15) is 4.90 Å². The van der Waals surface area contributed by atoms with Crippen LogP contribution in [0.4, 0.5) is 13.2 Å². The summed E-state index contributed by atoms with van der Waals surface area (Å²) >= 11 is 0. The summed E-state index contributed by atoms with van der Waals surface area (Å²) in [5, 5.41) is 1.92. The Labute approximate surface area is 250 Å². The number of hydrogen-bond donors (Lipinski definition) is 0. The molecule has 0 aliphatic rings. The molecule has 0 fully saturated rings. The van der Waals surface area contributed by atoms with Gasteiger partial charge in [0.05, 0.1) is 5.56 Å². The molecule has 0 aliphatic carbocycles. The van der Waals surface area contributed by atoms with Crippen LogP contribution in [0.2, 0.25) is 0 Å². The molecule has 0 spiro atoms. The molecular weight excluding hydrogens is 571 g/mol. The maximum atomic E-state index is 13.4. The minimum absolute atomic E-state index is 0.107. The molecule has 1 atom stereocenters. The van der Waals surface area contributed by atoms with Crippen molar-refractivity contribution >= 4 is 20.9 Å². The van der Waals surface area contributed by atoms with Crippen molar-refractivity contribution in [2.75, 3.05) is 7.05 Å². The molecule has 0 saturated heterocycles. The Bertz CT molecular complexity index is 1870. The third-order valence-corrected chi connectivity index (χ3v) is 8.99. The summed E-state index contributed by atoms with van der Waals surface area (Å²) in [6, 6.07) is 29.2. The molecule has 5 aromatic rings. The predicted octanol–water partition coefficient (Wildman–Crippen LogP) is 9.10. The van der Waals surface area contributed by atoms with Crippen molar-refractivity contribution in [3.05, 3.63) is 131 Å². The van der Waals surface area contributed by atoms with Crippen LogP contribution in [0, 0.1) is 13.8 Å². The Hall–Kier alpha value is -4.14. The normalized spacial score (nSPS) is 12.9.